The number of amides is 1. The van der Waals surface area contributed by atoms with Crippen LogP contribution in [0.3, 0.4) is 0 Å². The minimum absolute atomic E-state index is 0.0496. The molecule has 142 valence electrons. The molecule has 0 aliphatic carbocycles. The van der Waals surface area contributed by atoms with E-state index in [0.717, 1.165) is 6.07 Å². The molecule has 1 N–H and O–H groups in total. The standard InChI is InChI=1S/C18H15F4N3OS/c19-12-7-11(8-13(20)9-12)5-6-23-16(26)10-25-15-4-2-1-3-14(15)24-18(25)27-17(21)22/h1-4,7-9,17H,5-6,10H2,(H,23,26). The van der Waals surface area contributed by atoms with E-state index >= 15 is 0 Å². The van der Waals surface area contributed by atoms with Crippen LogP contribution in [0.5, 0.6) is 0 Å². The number of halogens is 4. The molecule has 27 heavy (non-hydrogen) atoms. The highest BCUT2D eigenvalue weighted by atomic mass is 32.2. The van der Waals surface area contributed by atoms with Gasteiger partial charge in [0, 0.05) is 12.6 Å². The monoisotopic (exact) mass is 397 g/mol. The molecule has 2 aromatic carbocycles. The van der Waals surface area contributed by atoms with Gasteiger partial charge in [0.05, 0.1) is 11.0 Å². The van der Waals surface area contributed by atoms with Gasteiger partial charge in [0.1, 0.15) is 18.2 Å². The van der Waals surface area contributed by atoms with Crippen LogP contribution in [0.25, 0.3) is 11.0 Å². The van der Waals surface area contributed by atoms with Crippen molar-refractivity contribution in [1.29, 1.82) is 0 Å². The summed E-state index contributed by atoms with van der Waals surface area (Å²) in [6, 6.07) is 9.99. The van der Waals surface area contributed by atoms with Crippen LogP contribution in [0, 0.1) is 11.6 Å². The molecule has 4 nitrogen and oxygen atoms in total. The second-order valence-corrected chi connectivity index (χ2v) is 6.68. The summed E-state index contributed by atoms with van der Waals surface area (Å²) in [4.78, 5) is 16.3. The van der Waals surface area contributed by atoms with E-state index in [1.807, 2.05) is 0 Å². The van der Waals surface area contributed by atoms with Gasteiger partial charge in [0.2, 0.25) is 5.91 Å². The highest BCUT2D eigenvalue weighted by Gasteiger charge is 2.17. The van der Waals surface area contributed by atoms with E-state index in [9.17, 15) is 22.4 Å². The van der Waals surface area contributed by atoms with Gasteiger partial charge in [-0.3, -0.25) is 4.79 Å². The van der Waals surface area contributed by atoms with Gasteiger partial charge in [-0.15, -0.1) is 0 Å². The summed E-state index contributed by atoms with van der Waals surface area (Å²) in [5, 5.41) is 2.67. The van der Waals surface area contributed by atoms with Crippen LogP contribution in [-0.2, 0) is 17.8 Å². The van der Waals surface area contributed by atoms with Crippen molar-refractivity contribution >= 4 is 28.7 Å². The number of nitrogens with zero attached hydrogens (tertiary/aromatic N) is 2. The SMILES string of the molecule is O=C(Cn1c(SC(F)F)nc2ccccc21)NCCc1cc(F)cc(F)c1. The van der Waals surface area contributed by atoms with Crippen LogP contribution in [0.15, 0.2) is 47.6 Å². The summed E-state index contributed by atoms with van der Waals surface area (Å²) in [6.07, 6.45) is 0.240. The minimum Gasteiger partial charge on any atom is -0.354 e. The third-order valence-electron chi connectivity index (χ3n) is 3.77. The van der Waals surface area contributed by atoms with Gasteiger partial charge < -0.3 is 9.88 Å². The van der Waals surface area contributed by atoms with Gasteiger partial charge in [-0.25, -0.2) is 13.8 Å². The minimum atomic E-state index is -2.66. The number of nitrogens with one attached hydrogen (secondary N) is 1. The summed E-state index contributed by atoms with van der Waals surface area (Å²) >= 11 is 0.272. The Bertz CT molecular complexity index is 941. The number of fused-ring (bicyclic) bond motifs is 1. The van der Waals surface area contributed by atoms with Gasteiger partial charge >= 0.3 is 0 Å². The predicted octanol–water partition coefficient (Wildman–Crippen LogP) is 3.99. The first kappa shape index (κ1) is 19.2. The number of carbonyl (C=O) groups is 1. The lowest BCUT2D eigenvalue weighted by Gasteiger charge is -2.10. The average Bonchev–Trinajstić information content (AvgIpc) is 2.91. The number of aromatic nitrogens is 2. The number of imidazole rings is 1. The molecule has 3 rings (SSSR count). The molecule has 0 saturated carbocycles. The van der Waals surface area contributed by atoms with Gasteiger partial charge in [-0.2, -0.15) is 8.78 Å². The van der Waals surface area contributed by atoms with Crippen LogP contribution in [0.1, 0.15) is 5.56 Å². The Hall–Kier alpha value is -2.55. The van der Waals surface area contributed by atoms with Crippen LogP contribution < -0.4 is 5.32 Å². The molecule has 0 bridgehead atoms. The maximum atomic E-state index is 13.2. The van der Waals surface area contributed by atoms with E-state index in [1.165, 1.54) is 16.7 Å². The fourth-order valence-corrected chi connectivity index (χ4v) is 3.28. The van der Waals surface area contributed by atoms with Crippen molar-refractivity contribution in [2.24, 2.45) is 0 Å². The van der Waals surface area contributed by atoms with Crippen LogP contribution in [-0.4, -0.2) is 27.8 Å². The molecule has 0 radical (unpaired) electrons. The summed E-state index contributed by atoms with van der Waals surface area (Å²) in [7, 11) is 0. The number of thioether (sulfide) groups is 1. The Kier molecular flexibility index (Phi) is 6.00. The predicted molar refractivity (Wildman–Crippen MR) is 94.7 cm³/mol. The summed E-state index contributed by atoms with van der Waals surface area (Å²) in [6.45, 7) is -0.0290. The number of benzene rings is 2. The van der Waals surface area contributed by atoms with Crippen molar-refractivity contribution in [3.63, 3.8) is 0 Å². The third-order valence-corrected chi connectivity index (χ3v) is 4.47. The average molecular weight is 397 g/mol. The Morgan fingerprint density at radius 2 is 1.85 bits per heavy atom. The molecule has 0 spiro atoms. The molecule has 0 atom stereocenters. The molecule has 1 amide bonds. The Morgan fingerprint density at radius 1 is 1.15 bits per heavy atom. The highest BCUT2D eigenvalue weighted by Crippen LogP contribution is 2.28. The molecule has 0 aliphatic heterocycles. The molecular formula is C18H15F4N3OS. The largest absolute Gasteiger partial charge is 0.354 e. The van der Waals surface area contributed by atoms with Crippen LogP contribution in [0.2, 0.25) is 0 Å². The zero-order valence-corrected chi connectivity index (χ0v) is 14.8. The third kappa shape index (κ3) is 5.00. The smallest absolute Gasteiger partial charge is 0.291 e. The number of carbonyl (C=O) groups excluding carboxylic acids is 1. The lowest BCUT2D eigenvalue weighted by Crippen LogP contribution is -2.29. The van der Waals surface area contributed by atoms with Crippen molar-refractivity contribution in [3.8, 4) is 0 Å². The van der Waals surface area contributed by atoms with E-state index in [1.54, 1.807) is 24.3 Å². The van der Waals surface area contributed by atoms with Gasteiger partial charge in [-0.05, 0) is 48.0 Å². The van der Waals surface area contributed by atoms with E-state index in [4.69, 9.17) is 0 Å². The highest BCUT2D eigenvalue weighted by molar-refractivity contribution is 7.99. The van der Waals surface area contributed by atoms with Crippen LogP contribution in [0.4, 0.5) is 17.6 Å². The second kappa shape index (κ2) is 8.43. The normalized spacial score (nSPS) is 11.3. The van der Waals surface area contributed by atoms with Crippen LogP contribution >= 0.6 is 11.8 Å². The lowest BCUT2D eigenvalue weighted by molar-refractivity contribution is -0.121. The maximum absolute atomic E-state index is 13.2. The number of alkyl halides is 2. The summed E-state index contributed by atoms with van der Waals surface area (Å²) in [5.41, 5.74) is 1.50. The number of para-hydroxylation sites is 2. The second-order valence-electron chi connectivity index (χ2n) is 5.73. The topological polar surface area (TPSA) is 46.9 Å². The van der Waals surface area contributed by atoms with E-state index in [0.29, 0.717) is 16.6 Å². The fourth-order valence-electron chi connectivity index (χ4n) is 2.68. The lowest BCUT2D eigenvalue weighted by atomic mass is 10.1. The molecule has 9 heteroatoms. The van der Waals surface area contributed by atoms with Gasteiger partial charge in [-0.1, -0.05) is 12.1 Å². The Morgan fingerprint density at radius 3 is 2.56 bits per heavy atom. The summed E-state index contributed by atoms with van der Waals surface area (Å²) < 4.78 is 53.3. The van der Waals surface area contributed by atoms with Crippen molar-refractivity contribution in [1.82, 2.24) is 14.9 Å². The molecule has 0 saturated heterocycles. The number of rotatable bonds is 7. The van der Waals surface area contributed by atoms with E-state index in [2.05, 4.69) is 10.3 Å². The van der Waals surface area contributed by atoms with E-state index < -0.39 is 23.3 Å². The van der Waals surface area contributed by atoms with Crippen molar-refractivity contribution < 1.29 is 22.4 Å². The van der Waals surface area contributed by atoms with E-state index in [-0.39, 0.29) is 36.4 Å². The number of hydrogen-bond acceptors (Lipinski definition) is 3. The summed E-state index contributed by atoms with van der Waals surface area (Å²) in [5.74, 6) is -4.44. The van der Waals surface area contributed by atoms with Crippen molar-refractivity contribution in [3.05, 3.63) is 59.7 Å². The fraction of sp³-hybridized carbons (Fsp3) is 0.222. The molecule has 0 aliphatic rings. The maximum Gasteiger partial charge on any atom is 0.291 e. The molecule has 3 aromatic rings. The van der Waals surface area contributed by atoms with Gasteiger partial charge in [0.15, 0.2) is 5.16 Å². The molecule has 1 aromatic heterocycles. The molecule has 0 unspecified atom stereocenters. The Balaban J connectivity index is 1.66. The van der Waals surface area contributed by atoms with Crippen molar-refractivity contribution in [2.45, 2.75) is 23.9 Å². The van der Waals surface area contributed by atoms with Crippen molar-refractivity contribution in [2.75, 3.05) is 6.54 Å². The zero-order valence-electron chi connectivity index (χ0n) is 14.0. The van der Waals surface area contributed by atoms with Gasteiger partial charge in [0.25, 0.3) is 5.76 Å². The zero-order chi connectivity index (χ0) is 19.4. The quantitative estimate of drug-likeness (QED) is 0.485. The molecular weight excluding hydrogens is 382 g/mol. The first-order valence-electron chi connectivity index (χ1n) is 8.04. The Labute approximate surface area is 156 Å². The molecule has 1 heterocycles. The number of hydrogen-bond donors (Lipinski definition) is 1. The first-order valence-corrected chi connectivity index (χ1v) is 8.92. The first-order chi connectivity index (χ1) is 12.9. The molecule has 0 fully saturated rings.